The molecule has 2 aromatic heterocycles. The van der Waals surface area contributed by atoms with Crippen LogP contribution in [-0.4, -0.2) is 40.0 Å². The molecule has 0 saturated carbocycles. The zero-order valence-corrected chi connectivity index (χ0v) is 18.7. The van der Waals surface area contributed by atoms with Crippen LogP contribution in [0.1, 0.15) is 23.2 Å². The summed E-state index contributed by atoms with van der Waals surface area (Å²) in [4.78, 5) is 24.5. The molecule has 1 saturated heterocycles. The summed E-state index contributed by atoms with van der Waals surface area (Å²) in [6.07, 6.45) is 5.37. The Morgan fingerprint density at radius 1 is 1.09 bits per heavy atom. The normalized spacial score (nSPS) is 13.9. The van der Waals surface area contributed by atoms with E-state index < -0.39 is 0 Å². The van der Waals surface area contributed by atoms with Gasteiger partial charge in [-0.1, -0.05) is 12.1 Å². The molecule has 3 heterocycles. The number of nitrogens with one attached hydrogen (secondary N) is 3. The number of H-pyrrole nitrogens is 1. The number of aromatic nitrogens is 3. The van der Waals surface area contributed by atoms with Crippen LogP contribution in [0.4, 0.5) is 5.82 Å². The molecule has 1 aliphatic rings. The number of ether oxygens (including phenoxy) is 1. The number of amides is 1. The molecule has 2 aromatic carbocycles. The highest BCUT2D eigenvalue weighted by atomic mass is 35.5. The Morgan fingerprint density at radius 2 is 1.88 bits per heavy atom. The molecule has 0 radical (unpaired) electrons. The zero-order valence-electron chi connectivity index (χ0n) is 17.9. The predicted octanol–water partition coefficient (Wildman–Crippen LogP) is 3.90. The SMILES string of the molecule is Cl.Nc1ncc(-c2ccc(C(=O)NC3CCNCC3)cc2)nc1Oc1ccc2cc[nH]c2c1. The van der Waals surface area contributed by atoms with Crippen LogP contribution in [0.15, 0.2) is 60.9 Å². The lowest BCUT2D eigenvalue weighted by atomic mass is 10.1. The number of hydrogen-bond acceptors (Lipinski definition) is 6. The maximum absolute atomic E-state index is 12.5. The molecule has 0 aliphatic carbocycles. The minimum absolute atomic E-state index is 0. The van der Waals surface area contributed by atoms with E-state index in [2.05, 4.69) is 25.6 Å². The molecule has 0 atom stereocenters. The van der Waals surface area contributed by atoms with Crippen molar-refractivity contribution >= 4 is 35.0 Å². The number of anilines is 1. The number of benzene rings is 2. The fourth-order valence-electron chi connectivity index (χ4n) is 3.83. The zero-order chi connectivity index (χ0) is 21.9. The number of nitrogen functional groups attached to an aromatic ring is 1. The lowest BCUT2D eigenvalue weighted by Gasteiger charge is -2.23. The van der Waals surface area contributed by atoms with Crippen LogP contribution < -0.4 is 21.1 Å². The van der Waals surface area contributed by atoms with Gasteiger partial charge in [0, 0.05) is 34.9 Å². The van der Waals surface area contributed by atoms with Crippen LogP contribution in [0, 0.1) is 0 Å². The molecule has 5 rings (SSSR count). The predicted molar refractivity (Wildman–Crippen MR) is 131 cm³/mol. The van der Waals surface area contributed by atoms with Gasteiger partial charge in [0.2, 0.25) is 0 Å². The van der Waals surface area contributed by atoms with Crippen LogP contribution in [0.5, 0.6) is 11.6 Å². The Labute approximate surface area is 197 Å². The highest BCUT2D eigenvalue weighted by Crippen LogP contribution is 2.29. The van der Waals surface area contributed by atoms with Crippen molar-refractivity contribution in [1.82, 2.24) is 25.6 Å². The molecule has 1 aliphatic heterocycles. The Morgan fingerprint density at radius 3 is 2.67 bits per heavy atom. The van der Waals surface area contributed by atoms with Gasteiger partial charge in [0.15, 0.2) is 5.82 Å². The summed E-state index contributed by atoms with van der Waals surface area (Å²) in [5.74, 6) is 0.998. The van der Waals surface area contributed by atoms with Crippen molar-refractivity contribution in [3.05, 3.63) is 66.5 Å². The number of nitrogens with zero attached hydrogens (tertiary/aromatic N) is 2. The maximum Gasteiger partial charge on any atom is 0.263 e. The number of carbonyl (C=O) groups is 1. The van der Waals surface area contributed by atoms with E-state index in [1.54, 1.807) is 18.3 Å². The van der Waals surface area contributed by atoms with E-state index in [1.807, 2.05) is 42.6 Å². The largest absolute Gasteiger partial charge is 0.436 e. The summed E-state index contributed by atoms with van der Waals surface area (Å²) in [6.45, 7) is 1.87. The molecule has 4 aromatic rings. The van der Waals surface area contributed by atoms with Gasteiger partial charge in [-0.15, -0.1) is 12.4 Å². The van der Waals surface area contributed by atoms with Crippen molar-refractivity contribution in [3.63, 3.8) is 0 Å². The molecule has 0 bridgehead atoms. The van der Waals surface area contributed by atoms with Gasteiger partial charge in [-0.2, -0.15) is 0 Å². The van der Waals surface area contributed by atoms with E-state index >= 15 is 0 Å². The molecular weight excluding hydrogens is 440 g/mol. The number of hydrogen-bond donors (Lipinski definition) is 4. The van der Waals surface area contributed by atoms with Crippen LogP contribution in [0.25, 0.3) is 22.2 Å². The first-order chi connectivity index (χ1) is 15.7. The number of carbonyl (C=O) groups excluding carboxylic acids is 1. The average Bonchev–Trinajstić information content (AvgIpc) is 3.29. The Bertz CT molecular complexity index is 1250. The van der Waals surface area contributed by atoms with Gasteiger partial charge in [0.1, 0.15) is 5.75 Å². The van der Waals surface area contributed by atoms with Crippen molar-refractivity contribution in [2.24, 2.45) is 0 Å². The third-order valence-corrected chi connectivity index (χ3v) is 5.63. The molecule has 8 nitrogen and oxygen atoms in total. The highest BCUT2D eigenvalue weighted by molar-refractivity contribution is 5.94. The minimum Gasteiger partial charge on any atom is -0.436 e. The lowest BCUT2D eigenvalue weighted by molar-refractivity contribution is 0.0929. The lowest BCUT2D eigenvalue weighted by Crippen LogP contribution is -2.42. The second-order valence-electron chi connectivity index (χ2n) is 7.85. The summed E-state index contributed by atoms with van der Waals surface area (Å²) >= 11 is 0. The number of piperidine rings is 1. The van der Waals surface area contributed by atoms with Crippen LogP contribution in [0.2, 0.25) is 0 Å². The standard InChI is InChI=1S/C24H24N6O2.ClH/c25-22-24(32-19-6-5-16-7-12-27-20(16)13-19)30-21(14-28-22)15-1-3-17(4-2-15)23(31)29-18-8-10-26-11-9-18;/h1-7,12-14,18,26-27H,8-11H2,(H2,25,28)(H,29,31);1H. The van der Waals surface area contributed by atoms with Gasteiger partial charge in [-0.3, -0.25) is 4.79 Å². The van der Waals surface area contributed by atoms with E-state index in [9.17, 15) is 4.79 Å². The van der Waals surface area contributed by atoms with Crippen molar-refractivity contribution < 1.29 is 9.53 Å². The molecule has 0 unspecified atom stereocenters. The molecule has 1 amide bonds. The molecular formula is C24H25ClN6O2. The first-order valence-electron chi connectivity index (χ1n) is 10.7. The van der Waals surface area contributed by atoms with E-state index in [-0.39, 0.29) is 36.1 Å². The second-order valence-corrected chi connectivity index (χ2v) is 7.85. The molecule has 0 spiro atoms. The number of fused-ring (bicyclic) bond motifs is 1. The smallest absolute Gasteiger partial charge is 0.263 e. The first kappa shape index (κ1) is 22.6. The fraction of sp³-hybridized carbons (Fsp3) is 0.208. The Kier molecular flexibility index (Phi) is 6.76. The van der Waals surface area contributed by atoms with Crippen molar-refractivity contribution in [2.45, 2.75) is 18.9 Å². The van der Waals surface area contributed by atoms with Crippen LogP contribution in [0.3, 0.4) is 0 Å². The number of aromatic amines is 1. The minimum atomic E-state index is -0.0597. The monoisotopic (exact) mass is 464 g/mol. The molecule has 9 heteroatoms. The Hall–Kier alpha value is -3.62. The molecule has 33 heavy (non-hydrogen) atoms. The van der Waals surface area contributed by atoms with E-state index in [0.717, 1.165) is 42.4 Å². The van der Waals surface area contributed by atoms with Gasteiger partial charge in [-0.05, 0) is 61.6 Å². The van der Waals surface area contributed by atoms with Crippen molar-refractivity contribution in [1.29, 1.82) is 0 Å². The number of rotatable bonds is 5. The van der Waals surface area contributed by atoms with Gasteiger partial charge in [0.05, 0.1) is 11.9 Å². The number of nitrogens with two attached hydrogens (primary N) is 1. The topological polar surface area (TPSA) is 118 Å². The van der Waals surface area contributed by atoms with Gasteiger partial charge in [0.25, 0.3) is 11.8 Å². The summed E-state index contributed by atoms with van der Waals surface area (Å²) < 4.78 is 5.91. The Balaban J connectivity index is 0.00000259. The van der Waals surface area contributed by atoms with E-state index in [0.29, 0.717) is 17.0 Å². The maximum atomic E-state index is 12.5. The van der Waals surface area contributed by atoms with E-state index in [4.69, 9.17) is 10.5 Å². The van der Waals surface area contributed by atoms with Gasteiger partial charge < -0.3 is 26.1 Å². The highest BCUT2D eigenvalue weighted by Gasteiger charge is 2.17. The van der Waals surface area contributed by atoms with Gasteiger partial charge in [-0.25, -0.2) is 9.97 Å². The summed E-state index contributed by atoms with van der Waals surface area (Å²) in [6, 6.07) is 15.2. The first-order valence-corrected chi connectivity index (χ1v) is 10.7. The summed E-state index contributed by atoms with van der Waals surface area (Å²) in [7, 11) is 0. The van der Waals surface area contributed by atoms with Crippen molar-refractivity contribution in [2.75, 3.05) is 18.8 Å². The summed E-state index contributed by atoms with van der Waals surface area (Å²) in [5, 5.41) is 7.49. The molecule has 5 N–H and O–H groups in total. The molecule has 1 fully saturated rings. The number of halogens is 1. The average molecular weight is 465 g/mol. The third-order valence-electron chi connectivity index (χ3n) is 5.63. The second kappa shape index (κ2) is 9.89. The van der Waals surface area contributed by atoms with E-state index in [1.165, 1.54) is 0 Å². The van der Waals surface area contributed by atoms with Crippen LogP contribution in [-0.2, 0) is 0 Å². The quantitative estimate of drug-likeness (QED) is 0.355. The fourth-order valence-corrected chi connectivity index (χ4v) is 3.83. The van der Waals surface area contributed by atoms with Gasteiger partial charge >= 0.3 is 0 Å². The third kappa shape index (κ3) is 5.08. The summed E-state index contributed by atoms with van der Waals surface area (Å²) in [5.41, 5.74) is 9.01. The van der Waals surface area contributed by atoms with Crippen molar-refractivity contribution in [3.8, 4) is 22.9 Å². The molecule has 170 valence electrons. The van der Waals surface area contributed by atoms with Crippen LogP contribution >= 0.6 is 12.4 Å².